The molecule has 1 aromatic rings. The number of hydrogen-bond donors (Lipinski definition) is 0. The summed E-state index contributed by atoms with van der Waals surface area (Å²) in [5.41, 5.74) is 2.79. The number of allylic oxidation sites excluding steroid dienone is 1. The molecule has 2 rings (SSSR count). The van der Waals surface area contributed by atoms with E-state index in [0.717, 1.165) is 6.42 Å². The molecule has 0 bridgehead atoms. The van der Waals surface area contributed by atoms with Gasteiger partial charge < -0.3 is 4.74 Å². The third-order valence-electron chi connectivity index (χ3n) is 3.42. The summed E-state index contributed by atoms with van der Waals surface area (Å²) in [4.78, 5) is 10.7. The van der Waals surface area contributed by atoms with E-state index in [9.17, 15) is 4.79 Å². The topological polar surface area (TPSA) is 26.3 Å². The lowest BCUT2D eigenvalue weighted by Crippen LogP contribution is -2.16. The molecule has 0 amide bonds. The molecule has 0 heterocycles. The molecular weight excluding hydrogens is 212 g/mol. The predicted molar refractivity (Wildman–Crippen MR) is 67.6 cm³/mol. The number of carbonyl (C=O) groups excluding carboxylic acids is 1. The van der Waals surface area contributed by atoms with Gasteiger partial charge in [0.2, 0.25) is 0 Å². The van der Waals surface area contributed by atoms with E-state index < -0.39 is 0 Å². The molecule has 0 saturated heterocycles. The SMILES string of the molecule is CC(=O)OC=CC1c2ccccc2CCC1C. The van der Waals surface area contributed by atoms with Crippen LogP contribution in [-0.4, -0.2) is 5.97 Å². The van der Waals surface area contributed by atoms with Crippen LogP contribution in [0, 0.1) is 5.92 Å². The molecule has 2 heteroatoms. The maximum atomic E-state index is 10.7. The second-order valence-corrected chi connectivity index (χ2v) is 4.68. The fourth-order valence-electron chi connectivity index (χ4n) is 2.47. The Morgan fingerprint density at radius 2 is 2.18 bits per heavy atom. The Balaban J connectivity index is 2.21. The minimum atomic E-state index is -0.266. The first-order valence-corrected chi connectivity index (χ1v) is 6.10. The van der Waals surface area contributed by atoms with E-state index in [1.54, 1.807) is 0 Å². The second kappa shape index (κ2) is 5.17. The average Bonchev–Trinajstić information content (AvgIpc) is 2.32. The van der Waals surface area contributed by atoms with Crippen LogP contribution >= 0.6 is 0 Å². The summed E-state index contributed by atoms with van der Waals surface area (Å²) < 4.78 is 4.89. The Morgan fingerprint density at radius 3 is 2.94 bits per heavy atom. The minimum absolute atomic E-state index is 0.266. The maximum Gasteiger partial charge on any atom is 0.307 e. The fourth-order valence-corrected chi connectivity index (χ4v) is 2.47. The van der Waals surface area contributed by atoms with Gasteiger partial charge in [0.25, 0.3) is 0 Å². The second-order valence-electron chi connectivity index (χ2n) is 4.68. The van der Waals surface area contributed by atoms with Crippen molar-refractivity contribution in [2.24, 2.45) is 5.92 Å². The largest absolute Gasteiger partial charge is 0.435 e. The van der Waals surface area contributed by atoms with E-state index in [1.807, 2.05) is 6.08 Å². The molecule has 1 aliphatic carbocycles. The average molecular weight is 230 g/mol. The Morgan fingerprint density at radius 1 is 1.41 bits per heavy atom. The van der Waals surface area contributed by atoms with Crippen molar-refractivity contribution in [1.29, 1.82) is 0 Å². The van der Waals surface area contributed by atoms with Crippen molar-refractivity contribution in [2.75, 3.05) is 0 Å². The third kappa shape index (κ3) is 2.76. The van der Waals surface area contributed by atoms with E-state index >= 15 is 0 Å². The molecule has 0 aliphatic heterocycles. The monoisotopic (exact) mass is 230 g/mol. The van der Waals surface area contributed by atoms with E-state index in [1.165, 1.54) is 30.7 Å². The maximum absolute atomic E-state index is 10.7. The molecule has 1 aliphatic rings. The van der Waals surface area contributed by atoms with Crippen molar-refractivity contribution in [3.8, 4) is 0 Å². The lowest BCUT2D eigenvalue weighted by molar-refractivity contribution is -0.135. The molecule has 1 aromatic carbocycles. The first-order chi connectivity index (χ1) is 8.18. The molecule has 0 N–H and O–H groups in total. The summed E-state index contributed by atoms with van der Waals surface area (Å²) in [6.07, 6.45) is 5.87. The first-order valence-electron chi connectivity index (χ1n) is 6.10. The van der Waals surface area contributed by atoms with Gasteiger partial charge in [-0.25, -0.2) is 0 Å². The Labute approximate surface area is 102 Å². The molecule has 0 radical (unpaired) electrons. The van der Waals surface area contributed by atoms with E-state index in [4.69, 9.17) is 4.74 Å². The molecule has 17 heavy (non-hydrogen) atoms. The molecule has 0 aromatic heterocycles. The van der Waals surface area contributed by atoms with Gasteiger partial charge in [-0.1, -0.05) is 31.2 Å². The summed E-state index contributed by atoms with van der Waals surface area (Å²) >= 11 is 0. The smallest absolute Gasteiger partial charge is 0.307 e. The van der Waals surface area contributed by atoms with Crippen molar-refractivity contribution >= 4 is 5.97 Å². The van der Waals surface area contributed by atoms with Gasteiger partial charge in [0.1, 0.15) is 0 Å². The van der Waals surface area contributed by atoms with Crippen molar-refractivity contribution in [1.82, 2.24) is 0 Å². The molecule has 0 fully saturated rings. The Bertz CT molecular complexity index is 434. The van der Waals surface area contributed by atoms with Crippen LogP contribution < -0.4 is 0 Å². The quantitative estimate of drug-likeness (QED) is 0.574. The number of esters is 1. The van der Waals surface area contributed by atoms with E-state index in [-0.39, 0.29) is 5.97 Å². The van der Waals surface area contributed by atoms with Crippen LogP contribution in [0.4, 0.5) is 0 Å². The minimum Gasteiger partial charge on any atom is -0.435 e. The molecule has 0 saturated carbocycles. The van der Waals surface area contributed by atoms with Gasteiger partial charge in [0.05, 0.1) is 6.26 Å². The third-order valence-corrected chi connectivity index (χ3v) is 3.42. The highest BCUT2D eigenvalue weighted by Gasteiger charge is 2.24. The van der Waals surface area contributed by atoms with Crippen LogP contribution in [-0.2, 0) is 16.0 Å². The number of ether oxygens (including phenoxy) is 1. The lowest BCUT2D eigenvalue weighted by atomic mass is 9.76. The molecule has 0 spiro atoms. The number of carbonyl (C=O) groups is 1. The number of fused-ring (bicyclic) bond motifs is 1. The first kappa shape index (κ1) is 11.9. The summed E-state index contributed by atoms with van der Waals surface area (Å²) in [6, 6.07) is 8.52. The summed E-state index contributed by atoms with van der Waals surface area (Å²) in [6.45, 7) is 3.67. The van der Waals surface area contributed by atoms with Crippen LogP contribution in [0.2, 0.25) is 0 Å². The van der Waals surface area contributed by atoms with E-state index in [2.05, 4.69) is 31.2 Å². The lowest BCUT2D eigenvalue weighted by Gasteiger charge is -2.29. The van der Waals surface area contributed by atoms with Gasteiger partial charge in [-0.15, -0.1) is 0 Å². The van der Waals surface area contributed by atoms with Crippen LogP contribution in [0.1, 0.15) is 37.3 Å². The zero-order valence-corrected chi connectivity index (χ0v) is 10.3. The summed E-state index contributed by atoms with van der Waals surface area (Å²) in [5, 5.41) is 0. The summed E-state index contributed by atoms with van der Waals surface area (Å²) in [7, 11) is 0. The van der Waals surface area contributed by atoms with Crippen molar-refractivity contribution in [3.63, 3.8) is 0 Å². The molecule has 2 unspecified atom stereocenters. The Hall–Kier alpha value is -1.57. The molecular formula is C15H18O2. The molecule has 2 atom stereocenters. The van der Waals surface area contributed by atoms with Gasteiger partial charge in [-0.05, 0) is 36.0 Å². The number of rotatable bonds is 2. The summed E-state index contributed by atoms with van der Waals surface area (Å²) in [5.74, 6) is 0.689. The van der Waals surface area contributed by atoms with Crippen molar-refractivity contribution in [2.45, 2.75) is 32.6 Å². The predicted octanol–water partition coefficient (Wildman–Crippen LogP) is 3.43. The van der Waals surface area contributed by atoms with Crippen molar-refractivity contribution in [3.05, 3.63) is 47.7 Å². The normalized spacial score (nSPS) is 23.4. The zero-order chi connectivity index (χ0) is 12.3. The highest BCUT2D eigenvalue weighted by atomic mass is 16.5. The molecule has 90 valence electrons. The van der Waals surface area contributed by atoms with Crippen LogP contribution in [0.25, 0.3) is 0 Å². The van der Waals surface area contributed by atoms with Crippen LogP contribution in [0.3, 0.4) is 0 Å². The standard InChI is InChI=1S/C15H18O2/c1-11-7-8-13-5-3-4-6-15(13)14(11)9-10-17-12(2)16/h3-6,9-11,14H,7-8H2,1-2H3. The Kier molecular flexibility index (Phi) is 3.62. The zero-order valence-electron chi connectivity index (χ0n) is 10.3. The fraction of sp³-hybridized carbons (Fsp3) is 0.400. The van der Waals surface area contributed by atoms with Crippen LogP contribution in [0.15, 0.2) is 36.6 Å². The van der Waals surface area contributed by atoms with Crippen molar-refractivity contribution < 1.29 is 9.53 Å². The van der Waals surface area contributed by atoms with Gasteiger partial charge in [-0.3, -0.25) is 4.79 Å². The number of aryl methyl sites for hydroxylation is 1. The highest BCUT2D eigenvalue weighted by Crippen LogP contribution is 2.36. The van der Waals surface area contributed by atoms with Gasteiger partial charge in [0.15, 0.2) is 0 Å². The number of benzene rings is 1. The van der Waals surface area contributed by atoms with Gasteiger partial charge >= 0.3 is 5.97 Å². The highest BCUT2D eigenvalue weighted by molar-refractivity contribution is 5.66. The number of hydrogen-bond acceptors (Lipinski definition) is 2. The molecule has 2 nitrogen and oxygen atoms in total. The van der Waals surface area contributed by atoms with Crippen LogP contribution in [0.5, 0.6) is 0 Å². The van der Waals surface area contributed by atoms with Gasteiger partial charge in [-0.2, -0.15) is 0 Å². The van der Waals surface area contributed by atoms with Gasteiger partial charge in [0, 0.05) is 12.8 Å². The van der Waals surface area contributed by atoms with E-state index in [0.29, 0.717) is 11.8 Å².